The van der Waals surface area contributed by atoms with E-state index in [1.54, 1.807) is 12.5 Å². The van der Waals surface area contributed by atoms with E-state index in [9.17, 15) is 0 Å². The highest BCUT2D eigenvalue weighted by Crippen LogP contribution is 2.11. The molecule has 0 aliphatic rings. The molecule has 1 atom stereocenters. The molecule has 0 aromatic carbocycles. The van der Waals surface area contributed by atoms with E-state index in [1.165, 1.54) is 0 Å². The van der Waals surface area contributed by atoms with Crippen molar-refractivity contribution < 1.29 is 0 Å². The van der Waals surface area contributed by atoms with E-state index in [1.807, 2.05) is 10.6 Å². The lowest BCUT2D eigenvalue weighted by Crippen LogP contribution is -2.15. The first-order valence-electron chi connectivity index (χ1n) is 4.72. The third-order valence-corrected chi connectivity index (χ3v) is 2.21. The average Bonchev–Trinajstić information content (AvgIpc) is 2.66. The molecule has 1 unspecified atom stereocenters. The summed E-state index contributed by atoms with van der Waals surface area (Å²) in [4.78, 5) is 4.23. The number of hydrogen-bond donors (Lipinski definition) is 1. The molecule has 0 saturated carbocycles. The van der Waals surface area contributed by atoms with Gasteiger partial charge in [0.2, 0.25) is 5.65 Å². The summed E-state index contributed by atoms with van der Waals surface area (Å²) in [5.41, 5.74) is 0.771. The summed E-state index contributed by atoms with van der Waals surface area (Å²) in [5.74, 6) is 0.791. The summed E-state index contributed by atoms with van der Waals surface area (Å²) in [6, 6.07) is 0.394. The molecule has 0 bridgehead atoms. The summed E-state index contributed by atoms with van der Waals surface area (Å²) < 4.78 is 1.84. The van der Waals surface area contributed by atoms with Crippen LogP contribution < -0.4 is 5.32 Å². The number of fused-ring (bicyclic) bond motifs is 1. The van der Waals surface area contributed by atoms with E-state index in [0.717, 1.165) is 17.9 Å². The van der Waals surface area contributed by atoms with Gasteiger partial charge in [0.05, 0.1) is 0 Å². The van der Waals surface area contributed by atoms with Crippen LogP contribution in [0.15, 0.2) is 18.7 Å². The van der Waals surface area contributed by atoms with E-state index in [2.05, 4.69) is 34.3 Å². The molecule has 0 aliphatic carbocycles. The third-order valence-electron chi connectivity index (χ3n) is 2.21. The normalized spacial score (nSPS) is 13.0. The molecule has 74 valence electrons. The van der Waals surface area contributed by atoms with Gasteiger partial charge in [0.15, 0.2) is 5.82 Å². The van der Waals surface area contributed by atoms with Gasteiger partial charge in [-0.05, 0) is 13.3 Å². The van der Waals surface area contributed by atoms with Crippen molar-refractivity contribution in [1.29, 1.82) is 0 Å². The van der Waals surface area contributed by atoms with Crippen molar-refractivity contribution >= 4 is 11.5 Å². The van der Waals surface area contributed by atoms with Gasteiger partial charge < -0.3 is 5.32 Å². The van der Waals surface area contributed by atoms with E-state index in [4.69, 9.17) is 0 Å². The minimum atomic E-state index is 0.394. The van der Waals surface area contributed by atoms with Crippen LogP contribution in [-0.2, 0) is 0 Å². The average molecular weight is 191 g/mol. The number of aromatic nitrogens is 4. The van der Waals surface area contributed by atoms with Crippen molar-refractivity contribution in [3.8, 4) is 0 Å². The Morgan fingerprint density at radius 3 is 3.21 bits per heavy atom. The fraction of sp³-hybridized carbons (Fsp3) is 0.444. The zero-order valence-corrected chi connectivity index (χ0v) is 8.31. The molecular formula is C9H13N5. The zero-order chi connectivity index (χ0) is 9.97. The first kappa shape index (κ1) is 8.93. The molecule has 2 aromatic rings. The quantitative estimate of drug-likeness (QED) is 0.795. The maximum absolute atomic E-state index is 4.23. The fourth-order valence-corrected chi connectivity index (χ4v) is 1.20. The van der Waals surface area contributed by atoms with Crippen molar-refractivity contribution in [2.75, 3.05) is 5.32 Å². The van der Waals surface area contributed by atoms with Gasteiger partial charge in [0.1, 0.15) is 6.33 Å². The molecule has 14 heavy (non-hydrogen) atoms. The second-order valence-electron chi connectivity index (χ2n) is 3.29. The van der Waals surface area contributed by atoms with Crippen molar-refractivity contribution in [1.82, 2.24) is 19.6 Å². The van der Waals surface area contributed by atoms with E-state index in [-0.39, 0.29) is 0 Å². The highest BCUT2D eigenvalue weighted by molar-refractivity contribution is 5.61. The molecule has 5 heteroatoms. The highest BCUT2D eigenvalue weighted by Gasteiger charge is 2.06. The molecule has 5 nitrogen and oxygen atoms in total. The Morgan fingerprint density at radius 2 is 2.43 bits per heavy atom. The lowest BCUT2D eigenvalue weighted by Gasteiger charge is -2.11. The molecule has 2 rings (SSSR count). The smallest absolute Gasteiger partial charge is 0.203 e. The van der Waals surface area contributed by atoms with Crippen LogP contribution in [0.25, 0.3) is 5.65 Å². The molecule has 0 amide bonds. The predicted octanol–water partition coefficient (Wildman–Crippen LogP) is 1.33. The number of hydrogen-bond acceptors (Lipinski definition) is 4. The van der Waals surface area contributed by atoms with E-state index >= 15 is 0 Å². The Hall–Kier alpha value is -1.65. The van der Waals surface area contributed by atoms with Gasteiger partial charge in [-0.25, -0.2) is 4.98 Å². The first-order valence-corrected chi connectivity index (χ1v) is 4.72. The number of nitrogens with zero attached hydrogens (tertiary/aromatic N) is 4. The van der Waals surface area contributed by atoms with Gasteiger partial charge in [-0.15, -0.1) is 10.2 Å². The van der Waals surface area contributed by atoms with Gasteiger partial charge in [0.25, 0.3) is 0 Å². The molecule has 2 heterocycles. The topological polar surface area (TPSA) is 55.1 Å². The number of nitrogens with one attached hydrogen (secondary N) is 1. The lowest BCUT2D eigenvalue weighted by molar-refractivity contribution is 0.759. The largest absolute Gasteiger partial charge is 0.364 e. The Bertz CT molecular complexity index is 422. The van der Waals surface area contributed by atoms with Crippen LogP contribution in [0.3, 0.4) is 0 Å². The molecule has 0 aliphatic heterocycles. The minimum absolute atomic E-state index is 0.394. The fourth-order valence-electron chi connectivity index (χ4n) is 1.20. The summed E-state index contributed by atoms with van der Waals surface area (Å²) in [7, 11) is 0. The third kappa shape index (κ3) is 1.53. The van der Waals surface area contributed by atoms with Crippen LogP contribution in [0.4, 0.5) is 5.82 Å². The number of rotatable bonds is 3. The van der Waals surface area contributed by atoms with Gasteiger partial charge in [-0.1, -0.05) is 6.92 Å². The van der Waals surface area contributed by atoms with Crippen LogP contribution in [0.5, 0.6) is 0 Å². The van der Waals surface area contributed by atoms with Crippen molar-refractivity contribution in [3.63, 3.8) is 0 Å². The Balaban J connectivity index is 2.36. The van der Waals surface area contributed by atoms with Crippen molar-refractivity contribution in [2.24, 2.45) is 0 Å². The van der Waals surface area contributed by atoms with Gasteiger partial charge in [-0.3, -0.25) is 4.40 Å². The second-order valence-corrected chi connectivity index (χ2v) is 3.29. The molecule has 0 fully saturated rings. The molecule has 0 saturated heterocycles. The predicted molar refractivity (Wildman–Crippen MR) is 54.2 cm³/mol. The molecule has 2 aromatic heterocycles. The van der Waals surface area contributed by atoms with E-state index < -0.39 is 0 Å². The monoisotopic (exact) mass is 191 g/mol. The van der Waals surface area contributed by atoms with Crippen LogP contribution in [0, 0.1) is 0 Å². The summed E-state index contributed by atoms with van der Waals surface area (Å²) in [6.45, 7) is 4.24. The lowest BCUT2D eigenvalue weighted by atomic mass is 10.3. The maximum atomic E-state index is 4.23. The summed E-state index contributed by atoms with van der Waals surface area (Å²) in [6.07, 6.45) is 6.29. The zero-order valence-electron chi connectivity index (χ0n) is 8.31. The Labute approximate surface area is 82.2 Å². The maximum Gasteiger partial charge on any atom is 0.203 e. The minimum Gasteiger partial charge on any atom is -0.364 e. The standard InChI is InChI=1S/C9H13N5/c1-3-7(2)12-8-9-13-11-6-14(9)5-4-10-8/h4-7H,3H2,1-2H3,(H,10,12). The highest BCUT2D eigenvalue weighted by atomic mass is 15.2. The summed E-state index contributed by atoms with van der Waals surface area (Å²) in [5, 5.41) is 11.1. The van der Waals surface area contributed by atoms with Crippen molar-refractivity contribution in [2.45, 2.75) is 26.3 Å². The first-order chi connectivity index (χ1) is 6.81. The molecule has 1 N–H and O–H groups in total. The molecule has 0 radical (unpaired) electrons. The van der Waals surface area contributed by atoms with Crippen LogP contribution in [0.2, 0.25) is 0 Å². The van der Waals surface area contributed by atoms with Gasteiger partial charge in [-0.2, -0.15) is 0 Å². The molecular weight excluding hydrogens is 178 g/mol. The van der Waals surface area contributed by atoms with Crippen LogP contribution in [0.1, 0.15) is 20.3 Å². The van der Waals surface area contributed by atoms with Crippen LogP contribution >= 0.6 is 0 Å². The Kier molecular flexibility index (Phi) is 2.30. The Morgan fingerprint density at radius 1 is 1.57 bits per heavy atom. The van der Waals surface area contributed by atoms with Crippen molar-refractivity contribution in [3.05, 3.63) is 18.7 Å². The van der Waals surface area contributed by atoms with E-state index in [0.29, 0.717) is 6.04 Å². The van der Waals surface area contributed by atoms with Gasteiger partial charge in [0, 0.05) is 18.4 Å². The van der Waals surface area contributed by atoms with Crippen LogP contribution in [-0.4, -0.2) is 25.6 Å². The SMILES string of the molecule is CCC(C)Nc1nccn2cnnc12. The second kappa shape index (κ2) is 3.61. The molecule has 0 spiro atoms. The summed E-state index contributed by atoms with van der Waals surface area (Å²) >= 11 is 0. The number of anilines is 1. The van der Waals surface area contributed by atoms with Gasteiger partial charge >= 0.3 is 0 Å².